The Morgan fingerprint density at radius 1 is 1.19 bits per heavy atom. The van der Waals surface area contributed by atoms with Gasteiger partial charge in [-0.3, -0.25) is 9.78 Å². The number of nitrogens with zero attached hydrogens (tertiary/aromatic N) is 1. The fourth-order valence-electron chi connectivity index (χ4n) is 3.14. The summed E-state index contributed by atoms with van der Waals surface area (Å²) in [5, 5.41) is 1.16. The molecule has 1 aliphatic rings. The highest BCUT2D eigenvalue weighted by Crippen LogP contribution is 2.35. The maximum Gasteiger partial charge on any atom is 0.181 e. The second kappa shape index (κ2) is 5.08. The zero-order chi connectivity index (χ0) is 14.2. The monoisotopic (exact) mass is 293 g/mol. The SMILES string of the molecule is O=C(c1cc2ccccc2s1)C1CCCc2cccnc21. The van der Waals surface area contributed by atoms with E-state index in [9.17, 15) is 4.79 Å². The van der Waals surface area contributed by atoms with Gasteiger partial charge in [-0.25, -0.2) is 0 Å². The third kappa shape index (κ3) is 2.18. The van der Waals surface area contributed by atoms with E-state index < -0.39 is 0 Å². The Hall–Kier alpha value is -2.00. The molecule has 1 aromatic carbocycles. The quantitative estimate of drug-likeness (QED) is 0.646. The summed E-state index contributed by atoms with van der Waals surface area (Å²) in [6.07, 6.45) is 4.83. The van der Waals surface area contributed by atoms with Crippen LogP contribution in [0.3, 0.4) is 0 Å². The summed E-state index contributed by atoms with van der Waals surface area (Å²) >= 11 is 1.60. The van der Waals surface area contributed by atoms with Gasteiger partial charge in [-0.1, -0.05) is 24.3 Å². The smallest absolute Gasteiger partial charge is 0.181 e. The molecule has 2 nitrogen and oxygen atoms in total. The summed E-state index contributed by atoms with van der Waals surface area (Å²) < 4.78 is 1.18. The molecule has 0 aliphatic heterocycles. The van der Waals surface area contributed by atoms with Crippen LogP contribution in [0, 0.1) is 0 Å². The van der Waals surface area contributed by atoms with E-state index in [-0.39, 0.29) is 11.7 Å². The summed E-state index contributed by atoms with van der Waals surface area (Å²) in [5.74, 6) is 0.166. The number of carbonyl (C=O) groups is 1. The number of rotatable bonds is 2. The number of fused-ring (bicyclic) bond motifs is 2. The van der Waals surface area contributed by atoms with Crippen LogP contribution in [-0.2, 0) is 6.42 Å². The van der Waals surface area contributed by atoms with Gasteiger partial charge in [-0.05, 0) is 48.4 Å². The molecule has 0 N–H and O–H groups in total. The molecule has 0 bridgehead atoms. The maximum absolute atomic E-state index is 12.9. The van der Waals surface area contributed by atoms with Crippen molar-refractivity contribution in [2.75, 3.05) is 0 Å². The molecule has 0 amide bonds. The fourth-order valence-corrected chi connectivity index (χ4v) is 4.20. The van der Waals surface area contributed by atoms with Crippen molar-refractivity contribution in [3.63, 3.8) is 0 Å². The summed E-state index contributed by atoms with van der Waals surface area (Å²) in [5.41, 5.74) is 2.23. The van der Waals surface area contributed by atoms with E-state index >= 15 is 0 Å². The molecular weight excluding hydrogens is 278 g/mol. The van der Waals surface area contributed by atoms with Crippen LogP contribution in [0.15, 0.2) is 48.7 Å². The van der Waals surface area contributed by atoms with Gasteiger partial charge < -0.3 is 0 Å². The van der Waals surface area contributed by atoms with Gasteiger partial charge in [0.2, 0.25) is 0 Å². The predicted molar refractivity (Wildman–Crippen MR) is 86.1 cm³/mol. The molecule has 0 radical (unpaired) electrons. The molecule has 2 heterocycles. The third-order valence-electron chi connectivity index (χ3n) is 4.18. The van der Waals surface area contributed by atoms with Crippen LogP contribution < -0.4 is 0 Å². The van der Waals surface area contributed by atoms with E-state index in [2.05, 4.69) is 23.2 Å². The minimum absolute atomic E-state index is 0.0667. The van der Waals surface area contributed by atoms with Gasteiger partial charge in [-0.2, -0.15) is 0 Å². The van der Waals surface area contributed by atoms with Gasteiger partial charge in [0.15, 0.2) is 5.78 Å². The van der Waals surface area contributed by atoms with Gasteiger partial charge in [0, 0.05) is 10.9 Å². The van der Waals surface area contributed by atoms with Crippen molar-refractivity contribution in [1.82, 2.24) is 4.98 Å². The van der Waals surface area contributed by atoms with Crippen molar-refractivity contribution < 1.29 is 4.79 Å². The van der Waals surface area contributed by atoms with Gasteiger partial charge >= 0.3 is 0 Å². The Morgan fingerprint density at radius 2 is 2.10 bits per heavy atom. The zero-order valence-electron chi connectivity index (χ0n) is 11.6. The molecule has 1 unspecified atom stereocenters. The predicted octanol–water partition coefficient (Wildman–Crippen LogP) is 4.60. The summed E-state index contributed by atoms with van der Waals surface area (Å²) in [6, 6.07) is 14.3. The van der Waals surface area contributed by atoms with Crippen LogP contribution in [0.2, 0.25) is 0 Å². The van der Waals surface area contributed by atoms with Crippen molar-refractivity contribution >= 4 is 27.2 Å². The lowest BCUT2D eigenvalue weighted by atomic mass is 9.83. The van der Waals surface area contributed by atoms with Gasteiger partial charge in [-0.15, -0.1) is 11.3 Å². The minimum atomic E-state index is -0.0667. The Morgan fingerprint density at radius 3 is 3.00 bits per heavy atom. The average Bonchev–Trinajstić information content (AvgIpc) is 2.97. The molecule has 21 heavy (non-hydrogen) atoms. The Balaban J connectivity index is 1.75. The second-order valence-electron chi connectivity index (χ2n) is 5.51. The highest BCUT2D eigenvalue weighted by molar-refractivity contribution is 7.20. The molecule has 0 fully saturated rings. The van der Waals surface area contributed by atoms with E-state index in [1.54, 1.807) is 17.5 Å². The van der Waals surface area contributed by atoms with Crippen LogP contribution in [-0.4, -0.2) is 10.8 Å². The van der Waals surface area contributed by atoms with E-state index in [1.807, 2.05) is 24.3 Å². The maximum atomic E-state index is 12.9. The van der Waals surface area contributed by atoms with Gasteiger partial charge in [0.25, 0.3) is 0 Å². The standard InChI is InChI=1S/C18H15NOS/c20-18(16-11-13-5-1-2-9-15(13)21-16)14-8-3-6-12-7-4-10-19-17(12)14/h1-2,4-5,7,9-11,14H,3,6,8H2. The Kier molecular flexibility index (Phi) is 3.08. The van der Waals surface area contributed by atoms with E-state index in [4.69, 9.17) is 0 Å². The van der Waals surface area contributed by atoms with E-state index in [1.165, 1.54) is 10.3 Å². The number of hydrogen-bond acceptors (Lipinski definition) is 3. The molecular formula is C18H15NOS. The number of aromatic nitrogens is 1. The summed E-state index contributed by atoms with van der Waals surface area (Å²) in [7, 11) is 0. The number of benzene rings is 1. The number of ketones is 1. The Labute approximate surface area is 127 Å². The van der Waals surface area contributed by atoms with Crippen molar-refractivity contribution in [2.45, 2.75) is 25.2 Å². The number of Topliss-reactive ketones (excluding diaryl/α,β-unsaturated/α-hetero) is 1. The number of thiophene rings is 1. The van der Waals surface area contributed by atoms with Gasteiger partial charge in [0.05, 0.1) is 16.5 Å². The number of hydrogen-bond donors (Lipinski definition) is 0. The Bertz CT molecular complexity index is 788. The molecule has 1 atom stereocenters. The summed E-state index contributed by atoms with van der Waals surface area (Å²) in [4.78, 5) is 18.2. The molecule has 3 aromatic rings. The fraction of sp³-hybridized carbons (Fsp3) is 0.222. The number of pyridine rings is 1. The molecule has 0 saturated heterocycles. The lowest BCUT2D eigenvalue weighted by molar-refractivity contribution is 0.0953. The van der Waals surface area contributed by atoms with E-state index in [0.717, 1.165) is 35.2 Å². The van der Waals surface area contributed by atoms with E-state index in [0.29, 0.717) is 0 Å². The molecule has 0 saturated carbocycles. The largest absolute Gasteiger partial charge is 0.293 e. The molecule has 3 heteroatoms. The lowest BCUT2D eigenvalue weighted by Crippen LogP contribution is -2.19. The minimum Gasteiger partial charge on any atom is -0.293 e. The van der Waals surface area contributed by atoms with Crippen molar-refractivity contribution in [3.8, 4) is 0 Å². The van der Waals surface area contributed by atoms with Crippen LogP contribution >= 0.6 is 11.3 Å². The highest BCUT2D eigenvalue weighted by atomic mass is 32.1. The highest BCUT2D eigenvalue weighted by Gasteiger charge is 2.29. The van der Waals surface area contributed by atoms with Crippen molar-refractivity contribution in [3.05, 3.63) is 64.8 Å². The van der Waals surface area contributed by atoms with Crippen molar-refractivity contribution in [2.24, 2.45) is 0 Å². The van der Waals surface area contributed by atoms with Crippen LogP contribution in [0.5, 0.6) is 0 Å². The third-order valence-corrected chi connectivity index (χ3v) is 5.31. The van der Waals surface area contributed by atoms with Crippen LogP contribution in [0.4, 0.5) is 0 Å². The average molecular weight is 293 g/mol. The number of carbonyl (C=O) groups excluding carboxylic acids is 1. The molecule has 2 aromatic heterocycles. The first-order chi connectivity index (χ1) is 10.3. The van der Waals surface area contributed by atoms with Crippen molar-refractivity contribution in [1.29, 1.82) is 0 Å². The zero-order valence-corrected chi connectivity index (χ0v) is 12.4. The first kappa shape index (κ1) is 12.7. The van der Waals surface area contributed by atoms with Gasteiger partial charge in [0.1, 0.15) is 0 Å². The lowest BCUT2D eigenvalue weighted by Gasteiger charge is -2.22. The first-order valence-corrected chi connectivity index (χ1v) is 8.11. The molecule has 1 aliphatic carbocycles. The van der Waals surface area contributed by atoms with Crippen LogP contribution in [0.1, 0.15) is 39.7 Å². The number of aryl methyl sites for hydroxylation is 1. The normalized spacial score (nSPS) is 17.6. The summed E-state index contributed by atoms with van der Waals surface area (Å²) in [6.45, 7) is 0. The first-order valence-electron chi connectivity index (χ1n) is 7.29. The molecule has 104 valence electrons. The topological polar surface area (TPSA) is 30.0 Å². The second-order valence-corrected chi connectivity index (χ2v) is 6.59. The van der Waals surface area contributed by atoms with Crippen LogP contribution in [0.25, 0.3) is 10.1 Å². The molecule has 0 spiro atoms. The molecule has 4 rings (SSSR count).